The van der Waals surface area contributed by atoms with Crippen LogP contribution in [0.5, 0.6) is 0 Å². The van der Waals surface area contributed by atoms with E-state index in [1.54, 1.807) is 55.6 Å². The van der Waals surface area contributed by atoms with E-state index in [9.17, 15) is 14.4 Å². The van der Waals surface area contributed by atoms with Gasteiger partial charge in [0.25, 0.3) is 17.4 Å². The number of likely N-dealkylation sites (N-methyl/N-ethyl adjacent to an activating group) is 1. The van der Waals surface area contributed by atoms with E-state index in [4.69, 9.17) is 33.9 Å². The van der Waals surface area contributed by atoms with Crippen molar-refractivity contribution in [1.29, 1.82) is 0 Å². The smallest absolute Gasteiger partial charge is 0.261 e. The summed E-state index contributed by atoms with van der Waals surface area (Å²) < 4.78 is 1.39. The molecule has 0 aliphatic rings. The van der Waals surface area contributed by atoms with E-state index in [2.05, 4.69) is 4.98 Å². The Kier molecular flexibility index (Phi) is 9.75. The van der Waals surface area contributed by atoms with Crippen LogP contribution in [0, 0.1) is 6.92 Å². The lowest BCUT2D eigenvalue weighted by Crippen LogP contribution is -2.47. The molecule has 0 aliphatic heterocycles. The lowest BCUT2D eigenvalue weighted by Gasteiger charge is -2.34. The zero-order valence-corrected chi connectivity index (χ0v) is 24.7. The molecule has 0 spiro atoms. The first kappa shape index (κ1) is 30.2. The Morgan fingerprint density at radius 2 is 1.78 bits per heavy atom. The number of hydrogen-bond donors (Lipinski definition) is 1. The van der Waals surface area contributed by atoms with Crippen LogP contribution < -0.4 is 11.3 Å². The zero-order valence-electron chi connectivity index (χ0n) is 23.2. The summed E-state index contributed by atoms with van der Waals surface area (Å²) >= 11 is 12.4. The topological polar surface area (TPSA) is 114 Å². The van der Waals surface area contributed by atoms with Gasteiger partial charge in [-0.15, -0.1) is 0 Å². The van der Waals surface area contributed by atoms with Crippen molar-refractivity contribution in [3.63, 3.8) is 0 Å². The number of nitrogens with two attached hydrogens (primary N) is 1. The second-order valence-corrected chi connectivity index (χ2v) is 10.6. The third kappa shape index (κ3) is 6.75. The molecule has 2 aromatic carbocycles. The summed E-state index contributed by atoms with van der Waals surface area (Å²) in [6.45, 7) is 4.56. The standard InChI is InChI=1S/C30H32Cl2N6O3/c1-4-36(3)30(41)26(37(16-6-15-33)28(39)20-11-9-19(2)10-12-20)27-35-24-17-21(31)13-14-23(24)29(40)38(27)18-22-7-5-8-25(32)34-22/h5,7-14,17,26H,4,6,15-16,18,33H2,1-3H3. The monoisotopic (exact) mass is 594 g/mol. The molecule has 0 radical (unpaired) electrons. The lowest BCUT2D eigenvalue weighted by atomic mass is 10.1. The summed E-state index contributed by atoms with van der Waals surface area (Å²) in [6, 6.07) is 15.7. The Balaban J connectivity index is 2.01. The van der Waals surface area contributed by atoms with Crippen LogP contribution in [0.3, 0.4) is 0 Å². The highest BCUT2D eigenvalue weighted by Crippen LogP contribution is 2.27. The van der Waals surface area contributed by atoms with Crippen molar-refractivity contribution >= 4 is 45.9 Å². The molecule has 4 aromatic rings. The van der Waals surface area contributed by atoms with Crippen LogP contribution in [0.15, 0.2) is 65.5 Å². The highest BCUT2D eigenvalue weighted by Gasteiger charge is 2.37. The van der Waals surface area contributed by atoms with Crippen LogP contribution in [0.2, 0.25) is 10.2 Å². The van der Waals surface area contributed by atoms with Gasteiger partial charge in [-0.25, -0.2) is 9.97 Å². The molecule has 4 rings (SSSR count). The summed E-state index contributed by atoms with van der Waals surface area (Å²) in [5.74, 6) is -0.686. The van der Waals surface area contributed by atoms with Gasteiger partial charge in [-0.05, 0) is 69.3 Å². The first-order valence-corrected chi connectivity index (χ1v) is 14.0. The van der Waals surface area contributed by atoms with E-state index in [-0.39, 0.29) is 30.0 Å². The SMILES string of the molecule is CCN(C)C(=O)C(c1nc2cc(Cl)ccc2c(=O)n1Cc1cccc(Cl)n1)N(CCCN)C(=O)c1ccc(C)cc1. The van der Waals surface area contributed by atoms with Gasteiger partial charge in [0.05, 0.1) is 23.1 Å². The van der Waals surface area contributed by atoms with Gasteiger partial charge in [0.2, 0.25) is 0 Å². The molecule has 1 atom stereocenters. The maximum absolute atomic E-state index is 14.1. The van der Waals surface area contributed by atoms with Crippen molar-refractivity contribution in [2.24, 2.45) is 5.73 Å². The number of nitrogens with zero attached hydrogens (tertiary/aromatic N) is 5. The fraction of sp³-hybridized carbons (Fsp3) is 0.300. The average Bonchev–Trinajstić information content (AvgIpc) is 2.96. The number of amides is 2. The van der Waals surface area contributed by atoms with E-state index >= 15 is 0 Å². The van der Waals surface area contributed by atoms with E-state index in [0.717, 1.165) is 5.56 Å². The van der Waals surface area contributed by atoms with Gasteiger partial charge in [0.15, 0.2) is 6.04 Å². The molecule has 11 heteroatoms. The number of fused-ring (bicyclic) bond motifs is 1. The minimum Gasteiger partial charge on any atom is -0.344 e. The van der Waals surface area contributed by atoms with Crippen LogP contribution in [-0.2, 0) is 11.3 Å². The molecule has 0 bridgehead atoms. The number of aryl methyl sites for hydroxylation is 1. The van der Waals surface area contributed by atoms with E-state index in [0.29, 0.717) is 46.7 Å². The number of aromatic nitrogens is 3. The minimum absolute atomic E-state index is 0.0244. The zero-order chi connectivity index (χ0) is 29.7. The number of hydrogen-bond acceptors (Lipinski definition) is 6. The second kappa shape index (κ2) is 13.2. The van der Waals surface area contributed by atoms with Crippen LogP contribution in [0.4, 0.5) is 0 Å². The lowest BCUT2D eigenvalue weighted by molar-refractivity contribution is -0.135. The van der Waals surface area contributed by atoms with Gasteiger partial charge < -0.3 is 15.5 Å². The summed E-state index contributed by atoms with van der Waals surface area (Å²) in [5.41, 5.74) is 7.65. The molecule has 2 N–H and O–H groups in total. The van der Waals surface area contributed by atoms with Crippen molar-refractivity contribution in [3.8, 4) is 0 Å². The number of rotatable bonds is 10. The van der Waals surface area contributed by atoms with Crippen molar-refractivity contribution in [3.05, 3.63) is 104 Å². The maximum atomic E-state index is 14.1. The van der Waals surface area contributed by atoms with Crippen LogP contribution in [0.25, 0.3) is 10.9 Å². The highest BCUT2D eigenvalue weighted by molar-refractivity contribution is 6.31. The fourth-order valence-electron chi connectivity index (χ4n) is 4.49. The summed E-state index contributed by atoms with van der Waals surface area (Å²) in [4.78, 5) is 54.3. The van der Waals surface area contributed by atoms with Gasteiger partial charge in [0, 0.05) is 30.7 Å². The largest absolute Gasteiger partial charge is 0.344 e. The fourth-order valence-corrected chi connectivity index (χ4v) is 4.84. The Morgan fingerprint density at radius 3 is 2.44 bits per heavy atom. The van der Waals surface area contributed by atoms with E-state index in [1.165, 1.54) is 14.4 Å². The van der Waals surface area contributed by atoms with Crippen molar-refractivity contribution in [2.75, 3.05) is 26.7 Å². The molecule has 0 saturated carbocycles. The number of carbonyl (C=O) groups excluding carboxylic acids is 2. The molecular formula is C30H32Cl2N6O3. The first-order chi connectivity index (χ1) is 19.6. The van der Waals surface area contributed by atoms with Gasteiger partial charge in [-0.3, -0.25) is 19.0 Å². The third-order valence-corrected chi connectivity index (χ3v) is 7.29. The number of carbonyl (C=O) groups is 2. The molecule has 41 heavy (non-hydrogen) atoms. The van der Waals surface area contributed by atoms with Crippen molar-refractivity contribution in [1.82, 2.24) is 24.3 Å². The van der Waals surface area contributed by atoms with Gasteiger partial charge in [-0.1, -0.05) is 47.0 Å². The van der Waals surface area contributed by atoms with Gasteiger partial charge in [0.1, 0.15) is 11.0 Å². The van der Waals surface area contributed by atoms with Gasteiger partial charge >= 0.3 is 0 Å². The van der Waals surface area contributed by atoms with Crippen molar-refractivity contribution < 1.29 is 9.59 Å². The molecule has 0 fully saturated rings. The third-order valence-electron chi connectivity index (χ3n) is 6.84. The highest BCUT2D eigenvalue weighted by atomic mass is 35.5. The Hall–Kier alpha value is -3.79. The first-order valence-electron chi connectivity index (χ1n) is 13.3. The predicted octanol–water partition coefficient (Wildman–Crippen LogP) is 4.47. The molecule has 2 amide bonds. The van der Waals surface area contributed by atoms with Crippen LogP contribution >= 0.6 is 23.2 Å². The molecule has 214 valence electrons. The second-order valence-electron chi connectivity index (χ2n) is 9.74. The number of pyridine rings is 1. The Bertz CT molecular complexity index is 1620. The molecule has 2 aromatic heterocycles. The number of benzene rings is 2. The van der Waals surface area contributed by atoms with Crippen LogP contribution in [-0.4, -0.2) is 62.8 Å². The maximum Gasteiger partial charge on any atom is 0.261 e. The quantitative estimate of drug-likeness (QED) is 0.271. The van der Waals surface area contributed by atoms with Crippen LogP contribution in [0.1, 0.15) is 46.8 Å². The summed E-state index contributed by atoms with van der Waals surface area (Å²) in [6.07, 6.45) is 0.427. The summed E-state index contributed by atoms with van der Waals surface area (Å²) in [7, 11) is 1.64. The minimum atomic E-state index is -1.24. The molecule has 0 aliphatic carbocycles. The number of halogens is 2. The molecule has 0 saturated heterocycles. The Morgan fingerprint density at radius 1 is 1.05 bits per heavy atom. The predicted molar refractivity (Wildman–Crippen MR) is 161 cm³/mol. The van der Waals surface area contributed by atoms with Gasteiger partial charge in [-0.2, -0.15) is 0 Å². The average molecular weight is 596 g/mol. The van der Waals surface area contributed by atoms with E-state index in [1.807, 2.05) is 26.0 Å². The Labute approximate surface area is 248 Å². The van der Waals surface area contributed by atoms with E-state index < -0.39 is 17.5 Å². The summed E-state index contributed by atoms with van der Waals surface area (Å²) in [5, 5.41) is 0.956. The molecular weight excluding hydrogens is 563 g/mol. The molecule has 2 heterocycles. The van der Waals surface area contributed by atoms with Crippen molar-refractivity contribution in [2.45, 2.75) is 32.9 Å². The molecule has 1 unspecified atom stereocenters. The normalized spacial score (nSPS) is 11.9. The molecule has 9 nitrogen and oxygen atoms in total.